The van der Waals surface area contributed by atoms with Crippen molar-refractivity contribution in [3.8, 4) is 16.9 Å². The predicted octanol–water partition coefficient (Wildman–Crippen LogP) is 5.79. The first-order valence-corrected chi connectivity index (χ1v) is 11.3. The van der Waals surface area contributed by atoms with Gasteiger partial charge in [0.25, 0.3) is 0 Å². The average molecular weight is 438 g/mol. The third-order valence-electron chi connectivity index (χ3n) is 6.36. The summed E-state index contributed by atoms with van der Waals surface area (Å²) < 4.78 is 6.13. The standard InChI is InChI=1S/C27H25N5O.H2/c1-17-5-3-4-6-23-26(17)27(29-16-28-23)32-11-12-33-25-10-8-19(13-21(25)15-32)20-7-9-22-24(14-20)31-18(2)30-22;/h4-10,13-14,16H,3,11-12,15H2,1-2H3,(H,30,31);1H. The van der Waals surface area contributed by atoms with E-state index in [0.29, 0.717) is 6.61 Å². The molecule has 0 amide bonds. The number of nitrogens with zero attached hydrogens (tertiary/aromatic N) is 4. The van der Waals surface area contributed by atoms with Crippen LogP contribution in [0.25, 0.3) is 33.8 Å². The second-order valence-electron chi connectivity index (χ2n) is 8.63. The van der Waals surface area contributed by atoms with Crippen LogP contribution < -0.4 is 9.64 Å². The summed E-state index contributed by atoms with van der Waals surface area (Å²) in [6.45, 7) is 6.24. The van der Waals surface area contributed by atoms with Gasteiger partial charge in [0.2, 0.25) is 0 Å². The van der Waals surface area contributed by atoms with Gasteiger partial charge in [0.05, 0.1) is 23.3 Å². The van der Waals surface area contributed by atoms with Gasteiger partial charge in [-0.15, -0.1) is 0 Å². The van der Waals surface area contributed by atoms with Crippen molar-refractivity contribution in [1.82, 2.24) is 19.9 Å². The van der Waals surface area contributed by atoms with Crippen LogP contribution in [0.5, 0.6) is 5.75 Å². The van der Waals surface area contributed by atoms with Crippen LogP contribution >= 0.6 is 0 Å². The lowest BCUT2D eigenvalue weighted by Gasteiger charge is -2.24. The molecule has 0 saturated heterocycles. The van der Waals surface area contributed by atoms with Crippen molar-refractivity contribution in [3.05, 3.63) is 77.5 Å². The van der Waals surface area contributed by atoms with Crippen LogP contribution in [0.15, 0.2) is 54.9 Å². The highest BCUT2D eigenvalue weighted by Crippen LogP contribution is 2.35. The Morgan fingerprint density at radius 1 is 1.06 bits per heavy atom. The molecular weight excluding hydrogens is 410 g/mol. The highest BCUT2D eigenvalue weighted by molar-refractivity contribution is 5.83. The van der Waals surface area contributed by atoms with E-state index < -0.39 is 0 Å². The minimum Gasteiger partial charge on any atom is -0.491 e. The molecule has 0 unspecified atom stereocenters. The van der Waals surface area contributed by atoms with Crippen molar-refractivity contribution in [2.45, 2.75) is 26.8 Å². The number of anilines is 1. The summed E-state index contributed by atoms with van der Waals surface area (Å²) in [6, 6.07) is 12.8. The number of benzene rings is 2. The Hall–Kier alpha value is -3.93. The fourth-order valence-corrected chi connectivity index (χ4v) is 4.73. The predicted molar refractivity (Wildman–Crippen MR) is 134 cm³/mol. The largest absolute Gasteiger partial charge is 0.491 e. The first-order chi connectivity index (χ1) is 16.2. The number of ether oxygens (including phenoxy) is 1. The number of rotatable bonds is 2. The van der Waals surface area contributed by atoms with Gasteiger partial charge in [0, 0.05) is 19.1 Å². The molecule has 4 aromatic rings. The Morgan fingerprint density at radius 3 is 2.88 bits per heavy atom. The van der Waals surface area contributed by atoms with Crippen LogP contribution in [-0.4, -0.2) is 33.1 Å². The highest BCUT2D eigenvalue weighted by Gasteiger charge is 2.22. The molecule has 6 nitrogen and oxygen atoms in total. The first kappa shape index (κ1) is 19.7. The Bertz CT molecular complexity index is 1440. The van der Waals surface area contributed by atoms with Gasteiger partial charge in [-0.3, -0.25) is 0 Å². The maximum atomic E-state index is 6.13. The second-order valence-corrected chi connectivity index (χ2v) is 8.63. The first-order valence-electron chi connectivity index (χ1n) is 11.3. The summed E-state index contributed by atoms with van der Waals surface area (Å²) in [4.78, 5) is 19.4. The van der Waals surface area contributed by atoms with Crippen LogP contribution in [-0.2, 0) is 6.54 Å². The number of aromatic nitrogens is 4. The zero-order chi connectivity index (χ0) is 22.4. The summed E-state index contributed by atoms with van der Waals surface area (Å²) in [5, 5.41) is 0. The summed E-state index contributed by atoms with van der Waals surface area (Å²) in [5.74, 6) is 2.83. The number of nitrogens with one attached hydrogen (secondary N) is 1. The van der Waals surface area contributed by atoms with E-state index >= 15 is 0 Å². The molecule has 0 fully saturated rings. The van der Waals surface area contributed by atoms with E-state index in [-0.39, 0.29) is 1.43 Å². The number of H-pyrrole nitrogens is 1. The zero-order valence-corrected chi connectivity index (χ0v) is 18.8. The monoisotopic (exact) mass is 437 g/mol. The molecule has 1 N–H and O–H groups in total. The van der Waals surface area contributed by atoms with E-state index in [0.717, 1.165) is 75.9 Å². The lowest BCUT2D eigenvalue weighted by molar-refractivity contribution is 0.331. The van der Waals surface area contributed by atoms with Crippen LogP contribution in [0.1, 0.15) is 37.4 Å². The molecule has 0 radical (unpaired) electrons. The van der Waals surface area contributed by atoms with Crippen LogP contribution in [0.4, 0.5) is 5.82 Å². The van der Waals surface area contributed by atoms with Crippen LogP contribution in [0.3, 0.4) is 0 Å². The molecule has 2 aliphatic rings. The van der Waals surface area contributed by atoms with Crippen LogP contribution in [0.2, 0.25) is 0 Å². The molecule has 1 aliphatic heterocycles. The third kappa shape index (κ3) is 3.57. The van der Waals surface area contributed by atoms with Crippen LogP contribution in [0, 0.1) is 6.92 Å². The third-order valence-corrected chi connectivity index (χ3v) is 6.36. The number of allylic oxidation sites excluding steroid dienone is 3. The molecule has 0 bridgehead atoms. The van der Waals surface area contributed by atoms with Crippen molar-refractivity contribution in [3.63, 3.8) is 0 Å². The van der Waals surface area contributed by atoms with Gasteiger partial charge >= 0.3 is 0 Å². The Balaban J connectivity index is 0.00000241. The van der Waals surface area contributed by atoms with E-state index in [2.05, 4.69) is 81.4 Å². The zero-order valence-electron chi connectivity index (χ0n) is 18.8. The van der Waals surface area contributed by atoms with Crippen molar-refractivity contribution in [2.24, 2.45) is 0 Å². The maximum absolute atomic E-state index is 6.13. The fraction of sp³-hybridized carbons (Fsp3) is 0.222. The molecule has 2 aromatic heterocycles. The number of hydrogen-bond donors (Lipinski definition) is 1. The molecule has 6 rings (SSSR count). The van der Waals surface area contributed by atoms with E-state index in [1.54, 1.807) is 6.33 Å². The van der Waals surface area contributed by atoms with Crippen molar-refractivity contribution in [2.75, 3.05) is 18.1 Å². The Kier molecular flexibility index (Phi) is 4.72. The molecular formula is C27H27N5O. The highest BCUT2D eigenvalue weighted by atomic mass is 16.5. The van der Waals surface area contributed by atoms with E-state index in [9.17, 15) is 0 Å². The quantitative estimate of drug-likeness (QED) is 0.430. The molecule has 33 heavy (non-hydrogen) atoms. The second kappa shape index (κ2) is 7.89. The summed E-state index contributed by atoms with van der Waals surface area (Å²) >= 11 is 0. The lowest BCUT2D eigenvalue weighted by atomic mass is 10.0. The lowest BCUT2D eigenvalue weighted by Crippen LogP contribution is -2.27. The molecule has 0 spiro atoms. The molecule has 1 aliphatic carbocycles. The van der Waals surface area contributed by atoms with Gasteiger partial charge in [-0.1, -0.05) is 24.3 Å². The molecule has 6 heteroatoms. The smallest absolute Gasteiger partial charge is 0.140 e. The maximum Gasteiger partial charge on any atom is 0.140 e. The number of fused-ring (bicyclic) bond motifs is 3. The van der Waals surface area contributed by atoms with Gasteiger partial charge in [-0.25, -0.2) is 15.0 Å². The Morgan fingerprint density at radius 2 is 1.94 bits per heavy atom. The van der Waals surface area contributed by atoms with Gasteiger partial charge in [-0.2, -0.15) is 0 Å². The number of hydrogen-bond acceptors (Lipinski definition) is 5. The summed E-state index contributed by atoms with van der Waals surface area (Å²) in [6.07, 6.45) is 9.07. The minimum absolute atomic E-state index is 0. The van der Waals surface area contributed by atoms with Crippen molar-refractivity contribution < 1.29 is 6.16 Å². The normalized spacial score (nSPS) is 15.3. The van der Waals surface area contributed by atoms with Crippen molar-refractivity contribution >= 4 is 28.5 Å². The van der Waals surface area contributed by atoms with Gasteiger partial charge < -0.3 is 14.6 Å². The molecule has 2 aromatic carbocycles. The van der Waals surface area contributed by atoms with E-state index in [1.807, 2.05) is 6.92 Å². The van der Waals surface area contributed by atoms with Gasteiger partial charge in [-0.05, 0) is 67.3 Å². The number of aryl methyl sites for hydroxylation is 1. The fourth-order valence-electron chi connectivity index (χ4n) is 4.73. The van der Waals surface area contributed by atoms with Crippen molar-refractivity contribution in [1.29, 1.82) is 0 Å². The summed E-state index contributed by atoms with van der Waals surface area (Å²) in [5.41, 5.74) is 8.83. The molecule has 0 atom stereocenters. The van der Waals surface area contributed by atoms with E-state index in [1.165, 1.54) is 5.57 Å². The average Bonchev–Trinajstić information content (AvgIpc) is 2.96. The number of imidazole rings is 1. The SMILES string of the molecule is CC1=CCC=Cc2ncnc(N3CCOc4ccc(-c5ccc6nc(C)[nH]c6c5)cc4C3)c21.[HH]. The summed E-state index contributed by atoms with van der Waals surface area (Å²) in [7, 11) is 0. The minimum atomic E-state index is 0. The molecule has 3 heterocycles. The van der Waals surface area contributed by atoms with Gasteiger partial charge in [0.1, 0.15) is 30.3 Å². The molecule has 0 saturated carbocycles. The number of aromatic amines is 1. The van der Waals surface area contributed by atoms with E-state index in [4.69, 9.17) is 9.72 Å². The molecule has 166 valence electrons. The van der Waals surface area contributed by atoms with Gasteiger partial charge in [0.15, 0.2) is 0 Å². The Labute approximate surface area is 194 Å². The topological polar surface area (TPSA) is 66.9 Å².